The Bertz CT molecular complexity index is 568. The van der Waals surface area contributed by atoms with E-state index in [-0.39, 0.29) is 11.4 Å². The lowest BCUT2D eigenvalue weighted by Gasteiger charge is -2.13. The SMILES string of the molecule is O=C(Nc1ccccc1OC(F)(F)F)c1cn[nH]n1. The zero-order chi connectivity index (χ0) is 13.9. The summed E-state index contributed by atoms with van der Waals surface area (Å²) in [6.07, 6.45) is -3.70. The van der Waals surface area contributed by atoms with Crippen LogP contribution in [0.15, 0.2) is 30.5 Å². The number of halogens is 3. The molecule has 1 aromatic heterocycles. The molecule has 1 aromatic carbocycles. The van der Waals surface area contributed by atoms with Crippen molar-refractivity contribution in [2.24, 2.45) is 0 Å². The summed E-state index contributed by atoms with van der Waals surface area (Å²) in [6, 6.07) is 5.18. The summed E-state index contributed by atoms with van der Waals surface area (Å²) >= 11 is 0. The highest BCUT2D eigenvalue weighted by Gasteiger charge is 2.32. The van der Waals surface area contributed by atoms with Crippen LogP contribution in [0.4, 0.5) is 18.9 Å². The van der Waals surface area contributed by atoms with E-state index in [1.807, 2.05) is 0 Å². The van der Waals surface area contributed by atoms with Gasteiger partial charge in [-0.3, -0.25) is 4.79 Å². The van der Waals surface area contributed by atoms with Crippen molar-refractivity contribution in [3.63, 3.8) is 0 Å². The molecule has 0 fully saturated rings. The zero-order valence-corrected chi connectivity index (χ0v) is 9.23. The smallest absolute Gasteiger partial charge is 0.404 e. The Kier molecular flexibility index (Phi) is 3.36. The first-order valence-corrected chi connectivity index (χ1v) is 4.97. The Morgan fingerprint density at radius 1 is 1.32 bits per heavy atom. The average Bonchev–Trinajstić information content (AvgIpc) is 2.83. The van der Waals surface area contributed by atoms with Gasteiger partial charge < -0.3 is 10.1 Å². The van der Waals surface area contributed by atoms with Gasteiger partial charge in [0.15, 0.2) is 11.4 Å². The number of carbonyl (C=O) groups is 1. The van der Waals surface area contributed by atoms with Gasteiger partial charge in [-0.05, 0) is 12.1 Å². The van der Waals surface area contributed by atoms with Crippen molar-refractivity contribution in [2.75, 3.05) is 5.32 Å². The summed E-state index contributed by atoms with van der Waals surface area (Å²) in [5.41, 5.74) is -0.172. The minimum Gasteiger partial charge on any atom is -0.404 e. The highest BCUT2D eigenvalue weighted by atomic mass is 19.4. The van der Waals surface area contributed by atoms with E-state index in [9.17, 15) is 18.0 Å². The minimum absolute atomic E-state index is 0.0539. The fourth-order valence-corrected chi connectivity index (χ4v) is 1.28. The molecule has 2 N–H and O–H groups in total. The van der Waals surface area contributed by atoms with Crippen molar-refractivity contribution in [1.82, 2.24) is 15.4 Å². The highest BCUT2D eigenvalue weighted by molar-refractivity contribution is 6.03. The maximum atomic E-state index is 12.2. The fourth-order valence-electron chi connectivity index (χ4n) is 1.28. The molecule has 1 amide bonds. The van der Waals surface area contributed by atoms with Crippen LogP contribution < -0.4 is 10.1 Å². The Morgan fingerprint density at radius 2 is 2.05 bits per heavy atom. The first-order valence-electron chi connectivity index (χ1n) is 4.97. The zero-order valence-electron chi connectivity index (χ0n) is 9.23. The number of amides is 1. The third kappa shape index (κ3) is 3.44. The number of alkyl halides is 3. The van der Waals surface area contributed by atoms with Crippen molar-refractivity contribution in [2.45, 2.75) is 6.36 Å². The van der Waals surface area contributed by atoms with Crippen LogP contribution in [-0.2, 0) is 0 Å². The number of benzene rings is 1. The predicted octanol–water partition coefficient (Wildman–Crippen LogP) is 1.96. The molecule has 0 aliphatic rings. The topological polar surface area (TPSA) is 79.9 Å². The number of anilines is 1. The number of H-pyrrole nitrogens is 1. The van der Waals surface area contributed by atoms with Gasteiger partial charge in [0, 0.05) is 0 Å². The first kappa shape index (κ1) is 12.9. The summed E-state index contributed by atoms with van der Waals surface area (Å²) in [5.74, 6) is -1.21. The Morgan fingerprint density at radius 3 is 2.68 bits per heavy atom. The molecular formula is C10H7F3N4O2. The molecule has 2 rings (SSSR count). The van der Waals surface area contributed by atoms with Crippen LogP contribution in [0.5, 0.6) is 5.75 Å². The van der Waals surface area contributed by atoms with Gasteiger partial charge in [-0.25, -0.2) is 0 Å². The van der Waals surface area contributed by atoms with Crippen molar-refractivity contribution in [3.8, 4) is 5.75 Å². The third-order valence-corrected chi connectivity index (χ3v) is 2.01. The van der Waals surface area contributed by atoms with Crippen LogP contribution in [0.25, 0.3) is 0 Å². The van der Waals surface area contributed by atoms with Crippen LogP contribution in [-0.4, -0.2) is 27.7 Å². The monoisotopic (exact) mass is 272 g/mol. The summed E-state index contributed by atoms with van der Waals surface area (Å²) in [7, 11) is 0. The summed E-state index contributed by atoms with van der Waals surface area (Å²) < 4.78 is 40.3. The molecule has 19 heavy (non-hydrogen) atoms. The van der Waals surface area contributed by atoms with Gasteiger partial charge in [0.2, 0.25) is 0 Å². The molecule has 9 heteroatoms. The number of aromatic nitrogens is 3. The van der Waals surface area contributed by atoms with E-state index in [2.05, 4.69) is 25.5 Å². The number of rotatable bonds is 3. The summed E-state index contributed by atoms with van der Waals surface area (Å²) in [5, 5.41) is 11.4. The molecule has 2 aromatic rings. The standard InChI is InChI=1S/C10H7F3N4O2/c11-10(12,13)19-8-4-2-1-3-6(8)15-9(18)7-5-14-17-16-7/h1-5H,(H,15,18)(H,14,16,17). The normalized spacial score (nSPS) is 11.1. The van der Waals surface area contributed by atoms with Crippen LogP contribution in [0.2, 0.25) is 0 Å². The van der Waals surface area contributed by atoms with E-state index in [4.69, 9.17) is 0 Å². The van der Waals surface area contributed by atoms with Gasteiger partial charge in [0.05, 0.1) is 11.9 Å². The summed E-state index contributed by atoms with van der Waals surface area (Å²) in [6.45, 7) is 0. The molecule has 6 nitrogen and oxygen atoms in total. The number of ether oxygens (including phenoxy) is 1. The molecule has 0 radical (unpaired) electrons. The Balaban J connectivity index is 2.18. The van der Waals surface area contributed by atoms with Crippen molar-refractivity contribution in [1.29, 1.82) is 0 Å². The molecule has 0 bridgehead atoms. The van der Waals surface area contributed by atoms with Gasteiger partial charge in [-0.2, -0.15) is 15.4 Å². The van der Waals surface area contributed by atoms with Crippen LogP contribution in [0, 0.1) is 0 Å². The number of hydrogen-bond acceptors (Lipinski definition) is 4. The number of nitrogens with one attached hydrogen (secondary N) is 2. The number of para-hydroxylation sites is 2. The quantitative estimate of drug-likeness (QED) is 0.895. The number of aromatic amines is 1. The van der Waals surface area contributed by atoms with Gasteiger partial charge in [-0.1, -0.05) is 12.1 Å². The van der Waals surface area contributed by atoms with Crippen LogP contribution >= 0.6 is 0 Å². The number of hydrogen-bond donors (Lipinski definition) is 2. The molecule has 1 heterocycles. The van der Waals surface area contributed by atoms with E-state index in [1.165, 1.54) is 18.2 Å². The molecule has 0 spiro atoms. The lowest BCUT2D eigenvalue weighted by molar-refractivity contribution is -0.274. The van der Waals surface area contributed by atoms with E-state index >= 15 is 0 Å². The molecular weight excluding hydrogens is 265 g/mol. The second-order valence-corrected chi connectivity index (χ2v) is 3.35. The maximum absolute atomic E-state index is 12.2. The predicted molar refractivity (Wildman–Crippen MR) is 57.5 cm³/mol. The second-order valence-electron chi connectivity index (χ2n) is 3.35. The van der Waals surface area contributed by atoms with Gasteiger partial charge >= 0.3 is 6.36 Å². The number of carbonyl (C=O) groups excluding carboxylic acids is 1. The molecule has 0 aliphatic carbocycles. The number of nitrogens with zero attached hydrogens (tertiary/aromatic N) is 2. The maximum Gasteiger partial charge on any atom is 0.573 e. The second kappa shape index (κ2) is 4.96. The Hall–Kier alpha value is -2.58. The van der Waals surface area contributed by atoms with Crippen molar-refractivity contribution < 1.29 is 22.7 Å². The molecule has 0 saturated carbocycles. The molecule has 100 valence electrons. The van der Waals surface area contributed by atoms with Gasteiger partial charge in [-0.15, -0.1) is 13.2 Å². The van der Waals surface area contributed by atoms with E-state index < -0.39 is 18.0 Å². The lowest BCUT2D eigenvalue weighted by atomic mass is 10.3. The summed E-state index contributed by atoms with van der Waals surface area (Å²) in [4.78, 5) is 11.6. The van der Waals surface area contributed by atoms with Crippen LogP contribution in [0.1, 0.15) is 10.5 Å². The van der Waals surface area contributed by atoms with E-state index in [0.717, 1.165) is 12.3 Å². The third-order valence-electron chi connectivity index (χ3n) is 2.01. The minimum atomic E-state index is -4.84. The molecule has 0 atom stereocenters. The van der Waals surface area contributed by atoms with E-state index in [1.54, 1.807) is 0 Å². The average molecular weight is 272 g/mol. The first-order chi connectivity index (χ1) is 8.96. The molecule has 0 unspecified atom stereocenters. The van der Waals surface area contributed by atoms with E-state index in [0.29, 0.717) is 0 Å². The fraction of sp³-hybridized carbons (Fsp3) is 0.100. The van der Waals surface area contributed by atoms with Crippen molar-refractivity contribution >= 4 is 11.6 Å². The van der Waals surface area contributed by atoms with Gasteiger partial charge in [0.25, 0.3) is 5.91 Å². The largest absolute Gasteiger partial charge is 0.573 e. The highest BCUT2D eigenvalue weighted by Crippen LogP contribution is 2.30. The Labute approximate surface area is 104 Å². The molecule has 0 saturated heterocycles. The van der Waals surface area contributed by atoms with Crippen molar-refractivity contribution in [3.05, 3.63) is 36.2 Å². The lowest BCUT2D eigenvalue weighted by Crippen LogP contribution is -2.19. The molecule has 0 aliphatic heterocycles. The van der Waals surface area contributed by atoms with Gasteiger partial charge in [0.1, 0.15) is 0 Å². The van der Waals surface area contributed by atoms with Crippen LogP contribution in [0.3, 0.4) is 0 Å².